The Kier molecular flexibility index (Phi) is 6.42. The SMILES string of the molecule is COc1ccc([C@@]2(c3cn(S(=O)(=O)c4ccc(C)cc4)cc3-c3c(C)cccc3C)C[C@H]2c2ccccc2)cc1. The highest BCUT2D eigenvalue weighted by atomic mass is 32.2. The van der Waals surface area contributed by atoms with Gasteiger partial charge in [-0.3, -0.25) is 0 Å². The molecule has 202 valence electrons. The lowest BCUT2D eigenvalue weighted by molar-refractivity contribution is 0.414. The largest absolute Gasteiger partial charge is 0.497 e. The monoisotopic (exact) mass is 547 g/mol. The van der Waals surface area contributed by atoms with Gasteiger partial charge in [-0.05, 0) is 90.8 Å². The number of nitrogens with zero attached hydrogens (tertiary/aromatic N) is 1. The van der Waals surface area contributed by atoms with Crippen LogP contribution in [0.25, 0.3) is 11.1 Å². The van der Waals surface area contributed by atoms with Crippen molar-refractivity contribution < 1.29 is 13.2 Å². The molecule has 1 heterocycles. The van der Waals surface area contributed by atoms with Crippen LogP contribution in [0.5, 0.6) is 5.75 Å². The first-order valence-electron chi connectivity index (χ1n) is 13.6. The van der Waals surface area contributed by atoms with Crippen LogP contribution >= 0.6 is 0 Å². The van der Waals surface area contributed by atoms with Crippen LogP contribution in [0.15, 0.2) is 114 Å². The maximum absolute atomic E-state index is 14.0. The quantitative estimate of drug-likeness (QED) is 0.209. The van der Waals surface area contributed by atoms with Crippen LogP contribution in [0.3, 0.4) is 0 Å². The number of aryl methyl sites for hydroxylation is 3. The Morgan fingerprint density at radius 3 is 2.05 bits per heavy atom. The van der Waals surface area contributed by atoms with Gasteiger partial charge in [0.05, 0.1) is 12.0 Å². The number of benzene rings is 4. The molecular weight excluding hydrogens is 514 g/mol. The van der Waals surface area contributed by atoms with Gasteiger partial charge in [0.25, 0.3) is 10.0 Å². The van der Waals surface area contributed by atoms with Crippen LogP contribution in [0.1, 0.15) is 45.7 Å². The molecule has 0 bridgehead atoms. The summed E-state index contributed by atoms with van der Waals surface area (Å²) in [6, 6.07) is 32.1. The molecule has 4 aromatic carbocycles. The Morgan fingerprint density at radius 2 is 1.43 bits per heavy atom. The minimum absolute atomic E-state index is 0.211. The zero-order valence-corrected chi connectivity index (χ0v) is 24.1. The van der Waals surface area contributed by atoms with Gasteiger partial charge in [0.2, 0.25) is 0 Å². The molecule has 0 amide bonds. The van der Waals surface area contributed by atoms with Crippen LogP contribution in [-0.2, 0) is 15.4 Å². The van der Waals surface area contributed by atoms with Crippen LogP contribution in [-0.4, -0.2) is 19.5 Å². The molecule has 0 spiro atoms. The van der Waals surface area contributed by atoms with E-state index < -0.39 is 10.0 Å². The summed E-state index contributed by atoms with van der Waals surface area (Å²) in [5.41, 5.74) is 8.35. The second-order valence-corrected chi connectivity index (χ2v) is 12.7. The summed E-state index contributed by atoms with van der Waals surface area (Å²) in [7, 11) is -2.13. The number of hydrogen-bond acceptors (Lipinski definition) is 3. The van der Waals surface area contributed by atoms with Crippen LogP contribution in [0.2, 0.25) is 0 Å². The fourth-order valence-electron chi connectivity index (χ4n) is 6.21. The predicted octanol–water partition coefficient (Wildman–Crippen LogP) is 7.80. The van der Waals surface area contributed by atoms with E-state index in [-0.39, 0.29) is 16.2 Å². The van der Waals surface area contributed by atoms with Crippen molar-refractivity contribution in [1.29, 1.82) is 0 Å². The first kappa shape index (κ1) is 26.1. The van der Waals surface area contributed by atoms with Crippen molar-refractivity contribution >= 4 is 10.0 Å². The highest BCUT2D eigenvalue weighted by Gasteiger charge is 2.58. The van der Waals surface area contributed by atoms with Crippen molar-refractivity contribution in [2.24, 2.45) is 0 Å². The highest BCUT2D eigenvalue weighted by Crippen LogP contribution is 2.66. The molecule has 1 aliphatic carbocycles. The summed E-state index contributed by atoms with van der Waals surface area (Å²) in [6.07, 6.45) is 4.57. The fraction of sp³-hybridized carbons (Fsp3) is 0.200. The smallest absolute Gasteiger partial charge is 0.267 e. The lowest BCUT2D eigenvalue weighted by Gasteiger charge is -2.22. The number of ether oxygens (including phenoxy) is 1. The molecule has 5 aromatic rings. The lowest BCUT2D eigenvalue weighted by Crippen LogP contribution is -2.14. The molecule has 1 fully saturated rings. The summed E-state index contributed by atoms with van der Waals surface area (Å²) in [4.78, 5) is 0.279. The molecule has 0 saturated heterocycles. The van der Waals surface area contributed by atoms with Crippen molar-refractivity contribution in [3.8, 4) is 16.9 Å². The summed E-state index contributed by atoms with van der Waals surface area (Å²) in [5.74, 6) is 1.01. The van der Waals surface area contributed by atoms with Crippen molar-refractivity contribution in [3.63, 3.8) is 0 Å². The average Bonchev–Trinajstić information content (AvgIpc) is 3.56. The molecule has 1 saturated carbocycles. The molecule has 40 heavy (non-hydrogen) atoms. The molecule has 5 heteroatoms. The molecular formula is C35H33NO3S. The molecule has 1 aromatic heterocycles. The Balaban J connectivity index is 1.62. The third kappa shape index (κ3) is 4.25. The van der Waals surface area contributed by atoms with E-state index in [4.69, 9.17) is 4.74 Å². The van der Waals surface area contributed by atoms with E-state index in [1.54, 1.807) is 19.2 Å². The van der Waals surface area contributed by atoms with E-state index in [1.165, 1.54) is 9.54 Å². The number of rotatable bonds is 7. The minimum Gasteiger partial charge on any atom is -0.497 e. The zero-order chi connectivity index (χ0) is 28.1. The second-order valence-electron chi connectivity index (χ2n) is 10.9. The Bertz CT molecular complexity index is 1770. The predicted molar refractivity (Wildman–Crippen MR) is 161 cm³/mol. The van der Waals surface area contributed by atoms with Crippen molar-refractivity contribution in [2.45, 2.75) is 43.4 Å². The number of aromatic nitrogens is 1. The van der Waals surface area contributed by atoms with Gasteiger partial charge in [-0.2, -0.15) is 0 Å². The van der Waals surface area contributed by atoms with Gasteiger partial charge in [0.1, 0.15) is 5.75 Å². The summed E-state index contributed by atoms with van der Waals surface area (Å²) in [6.45, 7) is 6.15. The van der Waals surface area contributed by atoms with E-state index in [1.807, 2.05) is 49.6 Å². The molecule has 0 unspecified atom stereocenters. The maximum Gasteiger partial charge on any atom is 0.267 e. The van der Waals surface area contributed by atoms with Crippen LogP contribution in [0.4, 0.5) is 0 Å². The van der Waals surface area contributed by atoms with Gasteiger partial charge in [-0.1, -0.05) is 78.4 Å². The van der Waals surface area contributed by atoms with E-state index in [0.29, 0.717) is 0 Å². The van der Waals surface area contributed by atoms with Crippen LogP contribution in [0, 0.1) is 20.8 Å². The van der Waals surface area contributed by atoms with Gasteiger partial charge in [-0.15, -0.1) is 0 Å². The van der Waals surface area contributed by atoms with Crippen molar-refractivity contribution in [3.05, 3.63) is 143 Å². The topological polar surface area (TPSA) is 48.3 Å². The zero-order valence-electron chi connectivity index (χ0n) is 23.3. The number of methoxy groups -OCH3 is 1. The van der Waals surface area contributed by atoms with E-state index >= 15 is 0 Å². The molecule has 4 nitrogen and oxygen atoms in total. The Morgan fingerprint density at radius 1 is 0.775 bits per heavy atom. The Hall–Kier alpha value is -4.09. The first-order chi connectivity index (χ1) is 19.3. The fourth-order valence-corrected chi connectivity index (χ4v) is 7.42. The maximum atomic E-state index is 14.0. The summed E-state index contributed by atoms with van der Waals surface area (Å²) < 4.78 is 34.9. The third-order valence-corrected chi connectivity index (χ3v) is 10.0. The van der Waals surface area contributed by atoms with Crippen molar-refractivity contribution in [1.82, 2.24) is 3.97 Å². The lowest BCUT2D eigenvalue weighted by atomic mass is 9.81. The third-order valence-electron chi connectivity index (χ3n) is 8.40. The number of hydrogen-bond donors (Lipinski definition) is 0. The molecule has 1 aliphatic rings. The molecule has 2 atom stereocenters. The van der Waals surface area contributed by atoms with E-state index in [0.717, 1.165) is 51.1 Å². The molecule has 0 radical (unpaired) electrons. The Labute approximate surface area is 237 Å². The second kappa shape index (κ2) is 9.83. The molecule has 0 aliphatic heterocycles. The standard InChI is InChI=1S/C35H33NO3S/c1-24-13-19-30(20-14-24)40(37,38)36-22-31(34-25(2)9-8-10-26(34)3)33(23-36)35(28-15-17-29(39-4)18-16-28)21-32(35)27-11-6-5-7-12-27/h5-20,22-23,32H,21H2,1-4H3/t32-,35-/m0/s1. The molecule has 0 N–H and O–H groups in total. The van der Waals surface area contributed by atoms with E-state index in [2.05, 4.69) is 68.4 Å². The normalized spacial score (nSPS) is 18.4. The summed E-state index contributed by atoms with van der Waals surface area (Å²) in [5, 5.41) is 0. The first-order valence-corrected chi connectivity index (χ1v) is 15.0. The van der Waals surface area contributed by atoms with Gasteiger partial charge in [0.15, 0.2) is 0 Å². The highest BCUT2D eigenvalue weighted by molar-refractivity contribution is 7.90. The van der Waals surface area contributed by atoms with Crippen molar-refractivity contribution in [2.75, 3.05) is 7.11 Å². The van der Waals surface area contributed by atoms with E-state index in [9.17, 15) is 8.42 Å². The van der Waals surface area contributed by atoms with Gasteiger partial charge in [-0.25, -0.2) is 12.4 Å². The van der Waals surface area contributed by atoms with Gasteiger partial charge < -0.3 is 4.74 Å². The average molecular weight is 548 g/mol. The van der Waals surface area contributed by atoms with Gasteiger partial charge >= 0.3 is 0 Å². The van der Waals surface area contributed by atoms with Gasteiger partial charge in [0, 0.05) is 23.4 Å². The minimum atomic E-state index is -3.80. The van der Waals surface area contributed by atoms with Crippen LogP contribution < -0.4 is 4.74 Å². The summed E-state index contributed by atoms with van der Waals surface area (Å²) >= 11 is 0. The molecule has 6 rings (SSSR count).